The Bertz CT molecular complexity index is 1070. The molecular weight excluding hydrogens is 416 g/mol. The Morgan fingerprint density at radius 3 is 2.57 bits per heavy atom. The molecule has 2 heterocycles. The summed E-state index contributed by atoms with van der Waals surface area (Å²) in [6, 6.07) is 13.7. The number of hydrogen-bond donors (Lipinski definition) is 1. The minimum atomic E-state index is -0.134. The highest BCUT2D eigenvalue weighted by molar-refractivity contribution is 7.17. The zero-order valence-electron chi connectivity index (χ0n) is 17.4. The number of nitrogens with zero attached hydrogens (tertiary/aromatic N) is 3. The summed E-state index contributed by atoms with van der Waals surface area (Å²) in [5.74, 6) is -0.134. The van der Waals surface area contributed by atoms with Crippen LogP contribution in [-0.2, 0) is 0 Å². The highest BCUT2D eigenvalue weighted by Crippen LogP contribution is 2.30. The van der Waals surface area contributed by atoms with Crippen molar-refractivity contribution in [3.05, 3.63) is 63.6 Å². The first-order valence-corrected chi connectivity index (χ1v) is 11.2. The van der Waals surface area contributed by atoms with E-state index in [0.717, 1.165) is 53.7 Å². The van der Waals surface area contributed by atoms with Crippen molar-refractivity contribution in [2.24, 2.45) is 0 Å². The lowest BCUT2D eigenvalue weighted by Gasteiger charge is -2.35. The van der Waals surface area contributed by atoms with Crippen molar-refractivity contribution in [1.29, 1.82) is 0 Å². The second-order valence-corrected chi connectivity index (χ2v) is 9.13. The molecule has 0 radical (unpaired) electrons. The first kappa shape index (κ1) is 20.8. The molecule has 1 aromatic heterocycles. The summed E-state index contributed by atoms with van der Waals surface area (Å²) < 4.78 is 0. The predicted molar refractivity (Wildman–Crippen MR) is 126 cm³/mol. The van der Waals surface area contributed by atoms with Gasteiger partial charge >= 0.3 is 0 Å². The topological polar surface area (TPSA) is 48.5 Å². The fraction of sp³-hybridized carbons (Fsp3) is 0.304. The lowest BCUT2D eigenvalue weighted by molar-refractivity contribution is 0.103. The van der Waals surface area contributed by atoms with Crippen LogP contribution < -0.4 is 10.2 Å². The molecule has 1 amide bonds. The Labute approximate surface area is 186 Å². The standard InChI is InChI=1S/C23H25ClN4OS/c1-15-13-19(7-8-20(15)28-11-9-27(3)10-12-28)26-22(29)21-16(2)25-23(30-21)17-5-4-6-18(24)14-17/h4-8,13-14H,9-12H2,1-3H3,(H,26,29). The lowest BCUT2D eigenvalue weighted by Crippen LogP contribution is -2.44. The monoisotopic (exact) mass is 440 g/mol. The molecule has 2 aromatic carbocycles. The van der Waals surface area contributed by atoms with Crippen molar-refractivity contribution < 1.29 is 4.79 Å². The second kappa shape index (κ2) is 8.76. The fourth-order valence-corrected chi connectivity index (χ4v) is 4.82. The molecule has 7 heteroatoms. The molecule has 0 spiro atoms. The molecule has 156 valence electrons. The molecule has 0 aliphatic carbocycles. The SMILES string of the molecule is Cc1cc(NC(=O)c2sc(-c3cccc(Cl)c3)nc2C)ccc1N1CCN(C)CC1. The van der Waals surface area contributed by atoms with Crippen LogP contribution in [0.2, 0.25) is 5.02 Å². The summed E-state index contributed by atoms with van der Waals surface area (Å²) in [5, 5.41) is 4.48. The van der Waals surface area contributed by atoms with Gasteiger partial charge in [0.25, 0.3) is 5.91 Å². The average molecular weight is 441 g/mol. The molecule has 0 bridgehead atoms. The van der Waals surface area contributed by atoms with E-state index in [0.29, 0.717) is 9.90 Å². The maximum atomic E-state index is 12.9. The van der Waals surface area contributed by atoms with Crippen LogP contribution in [0.15, 0.2) is 42.5 Å². The normalized spacial score (nSPS) is 14.7. The van der Waals surface area contributed by atoms with Crippen LogP contribution in [0.4, 0.5) is 11.4 Å². The van der Waals surface area contributed by atoms with E-state index >= 15 is 0 Å². The number of amides is 1. The van der Waals surface area contributed by atoms with Crippen LogP contribution in [0.25, 0.3) is 10.6 Å². The smallest absolute Gasteiger partial charge is 0.267 e. The van der Waals surface area contributed by atoms with Gasteiger partial charge in [-0.25, -0.2) is 4.98 Å². The zero-order chi connectivity index (χ0) is 21.3. The number of thiazole rings is 1. The molecule has 1 saturated heterocycles. The predicted octanol–water partition coefficient (Wildman–Crippen LogP) is 5.08. The Hall–Kier alpha value is -2.41. The van der Waals surface area contributed by atoms with E-state index in [1.807, 2.05) is 43.3 Å². The van der Waals surface area contributed by atoms with Gasteiger partial charge in [0.05, 0.1) is 5.69 Å². The van der Waals surface area contributed by atoms with Crippen molar-refractivity contribution in [2.45, 2.75) is 13.8 Å². The Morgan fingerprint density at radius 2 is 1.87 bits per heavy atom. The zero-order valence-corrected chi connectivity index (χ0v) is 19.0. The van der Waals surface area contributed by atoms with Gasteiger partial charge in [-0.05, 0) is 56.8 Å². The number of piperazine rings is 1. The number of carbonyl (C=O) groups excluding carboxylic acids is 1. The van der Waals surface area contributed by atoms with Crippen LogP contribution in [0.5, 0.6) is 0 Å². The first-order valence-electron chi connectivity index (χ1n) is 9.99. The van der Waals surface area contributed by atoms with E-state index in [4.69, 9.17) is 11.6 Å². The van der Waals surface area contributed by atoms with Gasteiger partial charge in [0, 0.05) is 48.1 Å². The molecule has 1 fully saturated rings. The number of likely N-dealkylation sites (N-methyl/N-ethyl adjacent to an activating group) is 1. The summed E-state index contributed by atoms with van der Waals surface area (Å²) in [6.07, 6.45) is 0. The van der Waals surface area contributed by atoms with Gasteiger partial charge in [0.2, 0.25) is 0 Å². The molecule has 1 aliphatic rings. The number of hydrogen-bond acceptors (Lipinski definition) is 5. The number of anilines is 2. The van der Waals surface area contributed by atoms with Crippen molar-refractivity contribution >= 4 is 40.2 Å². The minimum absolute atomic E-state index is 0.134. The molecule has 1 N–H and O–H groups in total. The maximum absolute atomic E-state index is 12.9. The van der Waals surface area contributed by atoms with Crippen LogP contribution >= 0.6 is 22.9 Å². The number of halogens is 1. The number of aromatic nitrogens is 1. The lowest BCUT2D eigenvalue weighted by atomic mass is 10.1. The third-order valence-electron chi connectivity index (χ3n) is 5.37. The Morgan fingerprint density at radius 1 is 1.10 bits per heavy atom. The summed E-state index contributed by atoms with van der Waals surface area (Å²) in [4.78, 5) is 22.8. The Kier molecular flexibility index (Phi) is 6.09. The van der Waals surface area contributed by atoms with Gasteiger partial charge in [-0.15, -0.1) is 11.3 Å². The van der Waals surface area contributed by atoms with Crippen LogP contribution in [-0.4, -0.2) is 49.0 Å². The first-order chi connectivity index (χ1) is 14.4. The molecule has 5 nitrogen and oxygen atoms in total. The summed E-state index contributed by atoms with van der Waals surface area (Å²) in [5.41, 5.74) is 4.84. The van der Waals surface area contributed by atoms with Gasteiger partial charge < -0.3 is 15.1 Å². The van der Waals surface area contributed by atoms with E-state index in [9.17, 15) is 4.79 Å². The number of rotatable bonds is 4. The summed E-state index contributed by atoms with van der Waals surface area (Å²) in [6.45, 7) is 8.14. The highest BCUT2D eigenvalue weighted by atomic mass is 35.5. The summed E-state index contributed by atoms with van der Waals surface area (Å²) >= 11 is 7.48. The van der Waals surface area contributed by atoms with E-state index < -0.39 is 0 Å². The van der Waals surface area contributed by atoms with Gasteiger partial charge in [-0.3, -0.25) is 4.79 Å². The average Bonchev–Trinajstić information content (AvgIpc) is 3.11. The maximum Gasteiger partial charge on any atom is 0.267 e. The van der Waals surface area contributed by atoms with Crippen LogP contribution in [0, 0.1) is 13.8 Å². The minimum Gasteiger partial charge on any atom is -0.369 e. The van der Waals surface area contributed by atoms with Gasteiger partial charge in [0.1, 0.15) is 9.88 Å². The molecule has 0 saturated carbocycles. The molecule has 30 heavy (non-hydrogen) atoms. The van der Waals surface area contributed by atoms with Gasteiger partial charge in [-0.1, -0.05) is 23.7 Å². The molecule has 0 unspecified atom stereocenters. The quantitative estimate of drug-likeness (QED) is 0.614. The van der Waals surface area contributed by atoms with Crippen molar-refractivity contribution in [2.75, 3.05) is 43.4 Å². The molecular formula is C23H25ClN4OS. The fourth-order valence-electron chi connectivity index (χ4n) is 3.68. The second-order valence-electron chi connectivity index (χ2n) is 7.69. The third-order valence-corrected chi connectivity index (χ3v) is 6.81. The number of nitrogens with one attached hydrogen (secondary N) is 1. The van der Waals surface area contributed by atoms with Crippen molar-refractivity contribution in [3.63, 3.8) is 0 Å². The van der Waals surface area contributed by atoms with Crippen LogP contribution in [0.3, 0.4) is 0 Å². The van der Waals surface area contributed by atoms with E-state index in [1.54, 1.807) is 0 Å². The summed E-state index contributed by atoms with van der Waals surface area (Å²) in [7, 11) is 2.15. The van der Waals surface area contributed by atoms with E-state index in [1.165, 1.54) is 17.0 Å². The van der Waals surface area contributed by atoms with Crippen LogP contribution in [0.1, 0.15) is 20.9 Å². The number of benzene rings is 2. The third kappa shape index (κ3) is 4.51. The van der Waals surface area contributed by atoms with Crippen molar-refractivity contribution in [1.82, 2.24) is 9.88 Å². The van der Waals surface area contributed by atoms with Crippen molar-refractivity contribution in [3.8, 4) is 10.6 Å². The number of carbonyl (C=O) groups is 1. The number of aryl methyl sites for hydroxylation is 2. The van der Waals surface area contributed by atoms with E-state index in [-0.39, 0.29) is 5.91 Å². The van der Waals surface area contributed by atoms with E-state index in [2.05, 4.69) is 40.1 Å². The molecule has 4 rings (SSSR count). The Balaban J connectivity index is 1.50. The largest absolute Gasteiger partial charge is 0.369 e. The molecule has 3 aromatic rings. The van der Waals surface area contributed by atoms with Gasteiger partial charge in [-0.2, -0.15) is 0 Å². The molecule has 1 aliphatic heterocycles. The highest BCUT2D eigenvalue weighted by Gasteiger charge is 2.19. The molecule has 0 atom stereocenters. The van der Waals surface area contributed by atoms with Gasteiger partial charge in [0.15, 0.2) is 0 Å².